The Morgan fingerprint density at radius 1 is 1.24 bits per heavy atom. The second-order valence-corrected chi connectivity index (χ2v) is 12.0. The number of aliphatic hydroxyl groups excluding tert-OH is 1. The molecule has 3 aliphatic carbocycles. The molecule has 0 unspecified atom stereocenters. The summed E-state index contributed by atoms with van der Waals surface area (Å²) < 4.78 is 7.11. The first-order valence-corrected chi connectivity index (χ1v) is 13.3. The zero-order chi connectivity index (χ0) is 24.1. The third-order valence-corrected chi connectivity index (χ3v) is 9.61. The molecule has 6 rings (SSSR count). The van der Waals surface area contributed by atoms with Gasteiger partial charge >= 0.3 is 0 Å². The summed E-state index contributed by atoms with van der Waals surface area (Å²) in [7, 11) is 1.96. The molecule has 2 saturated carbocycles. The predicted octanol–water partition coefficient (Wildman–Crippen LogP) is 3.67. The van der Waals surface area contributed by atoms with E-state index in [1.165, 1.54) is 24.0 Å². The van der Waals surface area contributed by atoms with Gasteiger partial charge in [-0.3, -0.25) is 0 Å². The Kier molecular flexibility index (Phi) is 6.26. The fourth-order valence-corrected chi connectivity index (χ4v) is 8.40. The Labute approximate surface area is 204 Å². The van der Waals surface area contributed by atoms with Crippen LogP contribution in [0.1, 0.15) is 75.5 Å². The first-order chi connectivity index (χ1) is 16.2. The van der Waals surface area contributed by atoms with Gasteiger partial charge in [0.05, 0.1) is 17.1 Å². The van der Waals surface area contributed by atoms with Gasteiger partial charge < -0.3 is 26.0 Å². The highest BCUT2D eigenvalue weighted by molar-refractivity contribution is 5.44. The molecule has 2 heterocycles. The third-order valence-electron chi connectivity index (χ3n) is 9.61. The molecule has 2 saturated heterocycles. The number of nitrogens with one attached hydrogen (secondary N) is 1. The molecule has 1 aromatic rings. The summed E-state index contributed by atoms with van der Waals surface area (Å²) in [6.45, 7) is 5.23. The molecule has 1 spiro atoms. The van der Waals surface area contributed by atoms with Gasteiger partial charge in [0, 0.05) is 31.0 Å². The summed E-state index contributed by atoms with van der Waals surface area (Å²) in [5.41, 5.74) is 9.75. The van der Waals surface area contributed by atoms with Crippen molar-refractivity contribution in [1.82, 2.24) is 5.32 Å². The van der Waals surface area contributed by atoms with Gasteiger partial charge in [-0.05, 0) is 100 Å². The minimum atomic E-state index is -0.554. The van der Waals surface area contributed by atoms with Crippen LogP contribution in [-0.4, -0.2) is 40.6 Å². The van der Waals surface area contributed by atoms with E-state index in [2.05, 4.69) is 31.0 Å². The molecule has 0 radical (unpaired) electrons. The van der Waals surface area contributed by atoms with E-state index in [1.54, 1.807) is 0 Å². The summed E-state index contributed by atoms with van der Waals surface area (Å²) in [6.07, 6.45) is 8.99. The number of phenolic OH excluding ortho intramolecular Hbond substituents is 1. The molecule has 5 N–H and O–H groups in total. The fourth-order valence-electron chi connectivity index (χ4n) is 8.40. The van der Waals surface area contributed by atoms with Gasteiger partial charge in [0.1, 0.15) is 5.75 Å². The largest absolute Gasteiger partial charge is 0.508 e. The van der Waals surface area contributed by atoms with Gasteiger partial charge in [-0.25, -0.2) is 0 Å². The molecule has 6 atom stereocenters. The SMILES string of the molecule is CNCc1cc(O)cc2c1C[C@@H]1CCC[C@@H](C1)[C@@]13CC[C@@H](C(C)(C)O1)[C@](N)(CCO)[C@H]3C#CC2. The lowest BCUT2D eigenvalue weighted by atomic mass is 9.48. The van der Waals surface area contributed by atoms with E-state index in [0.717, 1.165) is 44.2 Å². The highest BCUT2D eigenvalue weighted by atomic mass is 16.5. The van der Waals surface area contributed by atoms with E-state index in [-0.39, 0.29) is 29.6 Å². The van der Waals surface area contributed by atoms with Crippen molar-refractivity contribution in [1.29, 1.82) is 0 Å². The minimum absolute atomic E-state index is 0.0781. The van der Waals surface area contributed by atoms with Crippen molar-refractivity contribution in [3.8, 4) is 17.6 Å². The van der Waals surface area contributed by atoms with Crippen molar-refractivity contribution in [2.75, 3.05) is 13.7 Å². The molecule has 4 bridgehead atoms. The maximum atomic E-state index is 10.5. The quantitative estimate of drug-likeness (QED) is 0.509. The van der Waals surface area contributed by atoms with E-state index < -0.39 is 5.54 Å². The van der Waals surface area contributed by atoms with Gasteiger partial charge in [-0.2, -0.15) is 0 Å². The van der Waals surface area contributed by atoms with Crippen molar-refractivity contribution in [2.24, 2.45) is 29.4 Å². The Morgan fingerprint density at radius 3 is 2.79 bits per heavy atom. The van der Waals surface area contributed by atoms with Gasteiger partial charge in [0.2, 0.25) is 0 Å². The Hall–Kier alpha value is -1.58. The molecule has 5 nitrogen and oxygen atoms in total. The zero-order valence-electron chi connectivity index (χ0n) is 21.1. The molecule has 0 amide bonds. The van der Waals surface area contributed by atoms with Gasteiger partial charge in [0.15, 0.2) is 0 Å². The molecule has 4 fully saturated rings. The Balaban J connectivity index is 1.65. The van der Waals surface area contributed by atoms with Crippen LogP contribution in [0.15, 0.2) is 12.1 Å². The molecule has 5 heteroatoms. The lowest BCUT2D eigenvalue weighted by Crippen LogP contribution is -2.77. The van der Waals surface area contributed by atoms with Crippen LogP contribution < -0.4 is 11.1 Å². The predicted molar refractivity (Wildman–Crippen MR) is 134 cm³/mol. The van der Waals surface area contributed by atoms with Crippen LogP contribution in [0, 0.1) is 35.5 Å². The van der Waals surface area contributed by atoms with Crippen LogP contribution in [0.5, 0.6) is 5.75 Å². The number of hydrogen-bond acceptors (Lipinski definition) is 5. The second-order valence-electron chi connectivity index (χ2n) is 12.0. The van der Waals surface area contributed by atoms with Crippen LogP contribution in [0.4, 0.5) is 0 Å². The number of nitrogens with two attached hydrogens (primary N) is 1. The van der Waals surface area contributed by atoms with E-state index >= 15 is 0 Å². The van der Waals surface area contributed by atoms with Gasteiger partial charge in [-0.15, -0.1) is 0 Å². The summed E-state index contributed by atoms with van der Waals surface area (Å²) in [4.78, 5) is 0. The first kappa shape index (κ1) is 24.1. The molecule has 0 aromatic heterocycles. The van der Waals surface area contributed by atoms with Crippen molar-refractivity contribution < 1.29 is 14.9 Å². The molecular weight excluding hydrogens is 424 g/mol. The molecule has 34 heavy (non-hydrogen) atoms. The van der Waals surface area contributed by atoms with E-state index in [1.807, 2.05) is 19.2 Å². The number of rotatable bonds is 4. The molecule has 2 aliphatic heterocycles. The topological polar surface area (TPSA) is 87.7 Å². The van der Waals surface area contributed by atoms with E-state index in [4.69, 9.17) is 10.5 Å². The summed E-state index contributed by atoms with van der Waals surface area (Å²) in [5.74, 6) is 8.59. The zero-order valence-corrected chi connectivity index (χ0v) is 21.1. The number of aromatic hydroxyl groups is 1. The third kappa shape index (κ3) is 3.78. The van der Waals surface area contributed by atoms with E-state index in [9.17, 15) is 10.2 Å². The fraction of sp³-hybridized carbons (Fsp3) is 0.724. The normalized spacial score (nSPS) is 38.1. The molecule has 186 valence electrons. The smallest absolute Gasteiger partial charge is 0.116 e. The lowest BCUT2D eigenvalue weighted by molar-refractivity contribution is -0.306. The van der Waals surface area contributed by atoms with Crippen LogP contribution in [0.3, 0.4) is 0 Å². The number of aliphatic hydroxyl groups is 1. The standard InChI is InChI=1S/C29H42N2O3/c1-27(2)25-10-11-29(34-27)22-8-4-6-19(14-22)15-24-20(16-23(33)17-21(24)18-31-3)7-5-9-26(29)28(25,30)12-13-32/h16-17,19,22,25-26,31-33H,4,6-8,10-15,18,30H2,1-3H3/t19-,22+,25+,26-,28-,29-/m1/s1. The van der Waals surface area contributed by atoms with Crippen LogP contribution >= 0.6 is 0 Å². The second kappa shape index (κ2) is 8.82. The van der Waals surface area contributed by atoms with Crippen molar-refractivity contribution in [2.45, 2.75) is 94.9 Å². The highest BCUT2D eigenvalue weighted by Crippen LogP contribution is 2.62. The minimum Gasteiger partial charge on any atom is -0.508 e. The maximum Gasteiger partial charge on any atom is 0.116 e. The van der Waals surface area contributed by atoms with Crippen LogP contribution in [0.25, 0.3) is 0 Å². The lowest BCUT2D eigenvalue weighted by Gasteiger charge is -2.68. The highest BCUT2D eigenvalue weighted by Gasteiger charge is 2.68. The Morgan fingerprint density at radius 2 is 2.06 bits per heavy atom. The summed E-state index contributed by atoms with van der Waals surface area (Å²) in [6, 6.07) is 3.83. The monoisotopic (exact) mass is 466 g/mol. The first-order valence-electron chi connectivity index (χ1n) is 13.3. The van der Waals surface area contributed by atoms with Crippen molar-refractivity contribution >= 4 is 0 Å². The maximum absolute atomic E-state index is 10.5. The molecule has 5 aliphatic rings. The summed E-state index contributed by atoms with van der Waals surface area (Å²) >= 11 is 0. The Bertz CT molecular complexity index is 995. The van der Waals surface area contributed by atoms with Crippen LogP contribution in [0.2, 0.25) is 0 Å². The number of ether oxygens (including phenoxy) is 1. The van der Waals surface area contributed by atoms with Crippen molar-refractivity contribution in [3.05, 3.63) is 28.8 Å². The average molecular weight is 467 g/mol. The van der Waals surface area contributed by atoms with E-state index in [0.29, 0.717) is 30.4 Å². The molecular formula is C29H42N2O3. The number of phenols is 1. The average Bonchev–Trinajstić information content (AvgIpc) is 2.78. The number of hydrogen-bond donors (Lipinski definition) is 4. The summed E-state index contributed by atoms with van der Waals surface area (Å²) in [5, 5.41) is 23.8. The van der Waals surface area contributed by atoms with Gasteiger partial charge in [0.25, 0.3) is 0 Å². The van der Waals surface area contributed by atoms with Crippen molar-refractivity contribution in [3.63, 3.8) is 0 Å². The number of fused-ring (bicyclic) bond motifs is 5. The number of benzene rings is 1. The van der Waals surface area contributed by atoms with Crippen LogP contribution in [-0.2, 0) is 24.1 Å². The molecule has 1 aromatic carbocycles. The van der Waals surface area contributed by atoms with Gasteiger partial charge in [-0.1, -0.05) is 24.7 Å².